The normalized spacial score (nSPS) is 11.3. The fourth-order valence-electron chi connectivity index (χ4n) is 1.76. The largest absolute Gasteiger partial charge is 0.444 e. The third-order valence-electron chi connectivity index (χ3n) is 2.77. The molecule has 1 aromatic rings. The maximum atomic E-state index is 11.9. The molecule has 0 atom stereocenters. The average Bonchev–Trinajstić information content (AvgIpc) is 2.27. The van der Waals surface area contributed by atoms with Crippen LogP contribution in [-0.4, -0.2) is 11.7 Å². The van der Waals surface area contributed by atoms with E-state index >= 15 is 0 Å². The molecule has 0 spiro atoms. The van der Waals surface area contributed by atoms with Gasteiger partial charge in [-0.05, 0) is 57.4 Å². The van der Waals surface area contributed by atoms with Gasteiger partial charge in [0, 0.05) is 11.4 Å². The van der Waals surface area contributed by atoms with Crippen LogP contribution in [0.5, 0.6) is 0 Å². The first-order chi connectivity index (χ1) is 8.65. The lowest BCUT2D eigenvalue weighted by atomic mass is 10.0. The zero-order chi connectivity index (χ0) is 14.8. The Morgan fingerprint density at radius 3 is 2.42 bits per heavy atom. The van der Waals surface area contributed by atoms with Gasteiger partial charge >= 0.3 is 6.09 Å². The van der Waals surface area contributed by atoms with Crippen molar-refractivity contribution in [3.8, 4) is 0 Å². The lowest BCUT2D eigenvalue weighted by Gasteiger charge is -2.22. The zero-order valence-corrected chi connectivity index (χ0v) is 13.0. The molecule has 0 aliphatic rings. The standard InChI is InChI=1S/C14H22N2O2S/c1-8-10(7-15)6-11(19)9(2)12(8)16-13(17)18-14(3,4)5/h6,19H,7,15H2,1-5H3,(H,16,17). The summed E-state index contributed by atoms with van der Waals surface area (Å²) >= 11 is 4.40. The number of nitrogens with two attached hydrogens (primary N) is 1. The fourth-order valence-corrected chi connectivity index (χ4v) is 2.02. The van der Waals surface area contributed by atoms with Crippen molar-refractivity contribution in [3.05, 3.63) is 22.8 Å². The summed E-state index contributed by atoms with van der Waals surface area (Å²) in [4.78, 5) is 12.7. The van der Waals surface area contributed by atoms with Crippen molar-refractivity contribution in [1.82, 2.24) is 0 Å². The van der Waals surface area contributed by atoms with Crippen LogP contribution in [0.4, 0.5) is 10.5 Å². The van der Waals surface area contributed by atoms with Crippen LogP contribution < -0.4 is 11.1 Å². The number of thiol groups is 1. The number of hydrogen-bond acceptors (Lipinski definition) is 4. The predicted octanol–water partition coefficient (Wildman–Crippen LogP) is 3.40. The van der Waals surface area contributed by atoms with Crippen molar-refractivity contribution in [3.63, 3.8) is 0 Å². The molecule has 19 heavy (non-hydrogen) atoms. The highest BCUT2D eigenvalue weighted by atomic mass is 32.1. The van der Waals surface area contributed by atoms with Crippen LogP contribution in [0.3, 0.4) is 0 Å². The number of carbonyl (C=O) groups is 1. The highest BCUT2D eigenvalue weighted by molar-refractivity contribution is 7.80. The van der Waals surface area contributed by atoms with Gasteiger partial charge in [0.1, 0.15) is 5.60 Å². The van der Waals surface area contributed by atoms with Gasteiger partial charge in [-0.2, -0.15) is 0 Å². The van der Waals surface area contributed by atoms with Crippen LogP contribution in [0.15, 0.2) is 11.0 Å². The number of rotatable bonds is 2. The van der Waals surface area contributed by atoms with E-state index in [2.05, 4.69) is 17.9 Å². The Bertz CT molecular complexity index is 493. The second-order valence-electron chi connectivity index (χ2n) is 5.51. The molecule has 0 radical (unpaired) electrons. The molecule has 1 amide bonds. The molecular formula is C14H22N2O2S. The first-order valence-electron chi connectivity index (χ1n) is 6.18. The quantitative estimate of drug-likeness (QED) is 0.728. The molecule has 1 aromatic carbocycles. The Kier molecular flexibility index (Phi) is 4.87. The van der Waals surface area contributed by atoms with Crippen LogP contribution in [0.1, 0.15) is 37.5 Å². The summed E-state index contributed by atoms with van der Waals surface area (Å²) in [5.74, 6) is 0. The topological polar surface area (TPSA) is 64.3 Å². The van der Waals surface area contributed by atoms with E-state index in [0.717, 1.165) is 27.3 Å². The van der Waals surface area contributed by atoms with E-state index in [1.165, 1.54) is 0 Å². The van der Waals surface area contributed by atoms with E-state index in [1.807, 2.05) is 40.7 Å². The smallest absolute Gasteiger partial charge is 0.412 e. The minimum absolute atomic E-state index is 0.405. The monoisotopic (exact) mass is 282 g/mol. The van der Waals surface area contributed by atoms with Crippen molar-refractivity contribution in [1.29, 1.82) is 0 Å². The number of hydrogen-bond donors (Lipinski definition) is 3. The third-order valence-corrected chi connectivity index (χ3v) is 3.24. The summed E-state index contributed by atoms with van der Waals surface area (Å²) < 4.78 is 5.26. The first kappa shape index (κ1) is 15.9. The molecule has 0 bridgehead atoms. The number of nitrogens with one attached hydrogen (secondary N) is 1. The summed E-state index contributed by atoms with van der Waals surface area (Å²) in [7, 11) is 0. The van der Waals surface area contributed by atoms with Crippen LogP contribution in [0.25, 0.3) is 0 Å². The van der Waals surface area contributed by atoms with Crippen LogP contribution in [0, 0.1) is 13.8 Å². The number of anilines is 1. The Morgan fingerprint density at radius 2 is 1.95 bits per heavy atom. The Morgan fingerprint density at radius 1 is 1.37 bits per heavy atom. The minimum Gasteiger partial charge on any atom is -0.444 e. The second kappa shape index (κ2) is 5.84. The highest BCUT2D eigenvalue weighted by Gasteiger charge is 2.19. The van der Waals surface area contributed by atoms with Gasteiger partial charge in [0.25, 0.3) is 0 Å². The predicted molar refractivity (Wildman–Crippen MR) is 80.9 cm³/mol. The van der Waals surface area contributed by atoms with Crippen molar-refractivity contribution in [2.45, 2.75) is 51.7 Å². The van der Waals surface area contributed by atoms with Gasteiger partial charge in [-0.1, -0.05) is 0 Å². The van der Waals surface area contributed by atoms with E-state index in [1.54, 1.807) is 0 Å². The molecule has 0 heterocycles. The molecule has 0 aromatic heterocycles. The van der Waals surface area contributed by atoms with Gasteiger partial charge < -0.3 is 10.5 Å². The van der Waals surface area contributed by atoms with Gasteiger partial charge in [0.2, 0.25) is 0 Å². The first-order valence-corrected chi connectivity index (χ1v) is 6.62. The molecule has 0 aliphatic carbocycles. The number of ether oxygens (including phenoxy) is 1. The lowest BCUT2D eigenvalue weighted by molar-refractivity contribution is 0.0635. The molecule has 106 valence electrons. The minimum atomic E-state index is -0.527. The van der Waals surface area contributed by atoms with Crippen LogP contribution >= 0.6 is 12.6 Å². The number of amides is 1. The maximum Gasteiger partial charge on any atom is 0.412 e. The fraction of sp³-hybridized carbons (Fsp3) is 0.500. The van der Waals surface area contributed by atoms with E-state index in [9.17, 15) is 4.79 Å². The zero-order valence-electron chi connectivity index (χ0n) is 12.1. The lowest BCUT2D eigenvalue weighted by Crippen LogP contribution is -2.27. The molecule has 4 nitrogen and oxygen atoms in total. The van der Waals surface area contributed by atoms with Crippen molar-refractivity contribution < 1.29 is 9.53 Å². The van der Waals surface area contributed by atoms with Gasteiger partial charge in [0.15, 0.2) is 0 Å². The molecule has 1 rings (SSSR count). The average molecular weight is 282 g/mol. The van der Waals surface area contributed by atoms with Gasteiger partial charge in [0.05, 0.1) is 5.69 Å². The van der Waals surface area contributed by atoms with Gasteiger partial charge in [-0.15, -0.1) is 12.6 Å². The summed E-state index contributed by atoms with van der Waals surface area (Å²) in [6.07, 6.45) is -0.472. The van der Waals surface area contributed by atoms with Gasteiger partial charge in [-0.3, -0.25) is 5.32 Å². The van der Waals surface area contributed by atoms with Crippen LogP contribution in [-0.2, 0) is 11.3 Å². The van der Waals surface area contributed by atoms with Crippen molar-refractivity contribution >= 4 is 24.4 Å². The number of carbonyl (C=O) groups excluding carboxylic acids is 1. The summed E-state index contributed by atoms with van der Waals surface area (Å²) in [5, 5.41) is 2.78. The maximum absolute atomic E-state index is 11.9. The van der Waals surface area contributed by atoms with E-state index in [-0.39, 0.29) is 0 Å². The van der Waals surface area contributed by atoms with Crippen molar-refractivity contribution in [2.24, 2.45) is 5.73 Å². The molecule has 5 heteroatoms. The molecular weight excluding hydrogens is 260 g/mol. The SMILES string of the molecule is Cc1c(S)cc(CN)c(C)c1NC(=O)OC(C)(C)C. The molecule has 0 unspecified atom stereocenters. The van der Waals surface area contributed by atoms with Crippen LogP contribution in [0.2, 0.25) is 0 Å². The molecule has 0 saturated carbocycles. The molecule has 0 fully saturated rings. The van der Waals surface area contributed by atoms with Gasteiger partial charge in [-0.25, -0.2) is 4.79 Å². The second-order valence-corrected chi connectivity index (χ2v) is 5.99. The van der Waals surface area contributed by atoms with Crippen molar-refractivity contribution in [2.75, 3.05) is 5.32 Å². The molecule has 3 N–H and O–H groups in total. The molecule has 0 saturated heterocycles. The number of benzene rings is 1. The van der Waals surface area contributed by atoms with E-state index in [0.29, 0.717) is 6.54 Å². The summed E-state index contributed by atoms with van der Waals surface area (Å²) in [5.41, 5.74) is 8.70. The Balaban J connectivity index is 3.07. The highest BCUT2D eigenvalue weighted by Crippen LogP contribution is 2.29. The summed E-state index contributed by atoms with van der Waals surface area (Å²) in [6.45, 7) is 9.71. The third kappa shape index (κ3) is 4.14. The Labute approximate surface area is 120 Å². The summed E-state index contributed by atoms with van der Waals surface area (Å²) in [6, 6.07) is 1.92. The van der Waals surface area contributed by atoms with E-state index in [4.69, 9.17) is 10.5 Å². The Hall–Kier alpha value is -1.20. The molecule has 0 aliphatic heterocycles. The van der Waals surface area contributed by atoms with E-state index < -0.39 is 11.7 Å².